The minimum Gasteiger partial charge on any atom is -0.478 e. The van der Waals surface area contributed by atoms with E-state index in [1.807, 2.05) is 20.8 Å². The molecule has 5 heteroatoms. The lowest BCUT2D eigenvalue weighted by Crippen LogP contribution is -2.69. The lowest BCUT2D eigenvalue weighted by molar-refractivity contribution is -0.197. The van der Waals surface area contributed by atoms with Crippen molar-refractivity contribution in [1.29, 1.82) is 0 Å². The van der Waals surface area contributed by atoms with Crippen LogP contribution in [0.1, 0.15) is 44.0 Å². The van der Waals surface area contributed by atoms with Crippen LogP contribution < -0.4 is 5.32 Å². The molecule has 4 rings (SSSR count). The highest BCUT2D eigenvalue weighted by Crippen LogP contribution is 2.69. The summed E-state index contributed by atoms with van der Waals surface area (Å²) >= 11 is 0. The van der Waals surface area contributed by atoms with Gasteiger partial charge in [-0.05, 0) is 29.9 Å². The van der Waals surface area contributed by atoms with Gasteiger partial charge < -0.3 is 10.4 Å². The second kappa shape index (κ2) is 4.91. The number of hydrogen-bond donors (Lipinski definition) is 2. The zero-order valence-corrected chi connectivity index (χ0v) is 13.6. The van der Waals surface area contributed by atoms with Gasteiger partial charge in [0.1, 0.15) is 5.78 Å². The molecule has 0 radical (unpaired) electrons. The average Bonchev–Trinajstić information content (AvgIpc) is 2.49. The summed E-state index contributed by atoms with van der Waals surface area (Å²) in [6.07, 6.45) is 1.23. The number of aromatic carboxylic acids is 1. The first-order valence-corrected chi connectivity index (χ1v) is 7.88. The van der Waals surface area contributed by atoms with E-state index in [2.05, 4.69) is 5.32 Å². The lowest BCUT2D eigenvalue weighted by Gasteiger charge is -2.66. The number of carbonyl (C=O) groups excluding carboxylic acids is 2. The third kappa shape index (κ3) is 1.95. The summed E-state index contributed by atoms with van der Waals surface area (Å²) in [5.41, 5.74) is -0.675. The van der Waals surface area contributed by atoms with Gasteiger partial charge in [0.15, 0.2) is 0 Å². The summed E-state index contributed by atoms with van der Waals surface area (Å²) in [4.78, 5) is 36.5. The molecular formula is C18H21NO4. The lowest BCUT2D eigenvalue weighted by atomic mass is 9.36. The van der Waals surface area contributed by atoms with Crippen LogP contribution in [0.2, 0.25) is 0 Å². The molecule has 3 atom stereocenters. The summed E-state index contributed by atoms with van der Waals surface area (Å²) in [5, 5.41) is 12.0. The number of amides is 1. The third-order valence-electron chi connectivity index (χ3n) is 6.22. The van der Waals surface area contributed by atoms with Gasteiger partial charge in [-0.15, -0.1) is 0 Å². The number of fused-ring (bicyclic) bond motifs is 2. The number of ketones is 1. The number of nitrogens with one attached hydrogen (secondary N) is 1. The molecule has 2 bridgehead atoms. The van der Waals surface area contributed by atoms with E-state index in [4.69, 9.17) is 0 Å². The van der Waals surface area contributed by atoms with Crippen LogP contribution in [0.15, 0.2) is 24.3 Å². The number of anilines is 1. The SMILES string of the molecule is CC1C(=O)CC2CC1(C(=O)Nc1ccccc1C(=O)O)C2(C)C. The summed E-state index contributed by atoms with van der Waals surface area (Å²) in [6, 6.07) is 6.34. The van der Waals surface area contributed by atoms with Gasteiger partial charge in [0, 0.05) is 12.3 Å². The van der Waals surface area contributed by atoms with Crippen molar-refractivity contribution in [3.8, 4) is 0 Å². The van der Waals surface area contributed by atoms with E-state index in [1.54, 1.807) is 18.2 Å². The number of carboxylic acids is 1. The zero-order valence-electron chi connectivity index (χ0n) is 13.6. The number of Topliss-reactive ketones (excluding diaryl/α,β-unsaturated/α-hetero) is 1. The fraction of sp³-hybridized carbons (Fsp3) is 0.500. The fourth-order valence-electron chi connectivity index (χ4n) is 4.49. The van der Waals surface area contributed by atoms with Crippen molar-refractivity contribution in [2.24, 2.45) is 22.7 Å². The molecule has 3 aliphatic carbocycles. The Bertz CT molecular complexity index is 709. The Morgan fingerprint density at radius 1 is 1.26 bits per heavy atom. The van der Waals surface area contributed by atoms with Gasteiger partial charge in [-0.1, -0.05) is 32.9 Å². The second-order valence-corrected chi connectivity index (χ2v) is 7.29. The second-order valence-electron chi connectivity index (χ2n) is 7.29. The Labute approximate surface area is 135 Å². The average molecular weight is 315 g/mol. The molecule has 1 aromatic rings. The molecular weight excluding hydrogens is 294 g/mol. The van der Waals surface area contributed by atoms with Crippen LogP contribution in [0, 0.1) is 22.7 Å². The number of benzene rings is 1. The molecule has 3 unspecified atom stereocenters. The maximum absolute atomic E-state index is 13.0. The molecule has 0 saturated heterocycles. The first-order chi connectivity index (χ1) is 10.7. The summed E-state index contributed by atoms with van der Waals surface area (Å²) < 4.78 is 0. The Morgan fingerprint density at radius 2 is 1.91 bits per heavy atom. The van der Waals surface area contributed by atoms with Crippen LogP contribution in [-0.4, -0.2) is 22.8 Å². The quantitative estimate of drug-likeness (QED) is 0.898. The summed E-state index contributed by atoms with van der Waals surface area (Å²) in [5.74, 6) is -1.32. The van der Waals surface area contributed by atoms with Gasteiger partial charge >= 0.3 is 5.97 Å². The van der Waals surface area contributed by atoms with Crippen molar-refractivity contribution in [3.05, 3.63) is 29.8 Å². The first-order valence-electron chi connectivity index (χ1n) is 7.88. The van der Waals surface area contributed by atoms with Gasteiger partial charge in [-0.3, -0.25) is 9.59 Å². The highest BCUT2D eigenvalue weighted by atomic mass is 16.4. The molecule has 5 nitrogen and oxygen atoms in total. The molecule has 3 aliphatic rings. The number of rotatable bonds is 3. The third-order valence-corrected chi connectivity index (χ3v) is 6.22. The van der Waals surface area contributed by atoms with Gasteiger partial charge in [-0.25, -0.2) is 4.79 Å². The van der Waals surface area contributed by atoms with E-state index in [-0.39, 0.29) is 40.2 Å². The van der Waals surface area contributed by atoms with Crippen LogP contribution in [0.3, 0.4) is 0 Å². The molecule has 122 valence electrons. The predicted molar refractivity (Wildman–Crippen MR) is 85.1 cm³/mol. The molecule has 3 saturated carbocycles. The van der Waals surface area contributed by atoms with E-state index in [1.165, 1.54) is 6.07 Å². The van der Waals surface area contributed by atoms with Crippen LogP contribution >= 0.6 is 0 Å². The summed E-state index contributed by atoms with van der Waals surface area (Å²) in [7, 11) is 0. The van der Waals surface area contributed by atoms with Gasteiger partial charge in [0.05, 0.1) is 16.7 Å². The molecule has 2 N–H and O–H groups in total. The van der Waals surface area contributed by atoms with E-state index >= 15 is 0 Å². The predicted octanol–water partition coefficient (Wildman–Crippen LogP) is 2.96. The monoisotopic (exact) mass is 315 g/mol. The molecule has 0 aromatic heterocycles. The standard InChI is InChI=1S/C18H21NO4/c1-10-14(20)8-11-9-18(10,17(11,2)3)16(23)19-13-7-5-4-6-12(13)15(21)22/h4-7,10-11H,8-9H2,1-3H3,(H,19,23)(H,21,22). The Kier molecular flexibility index (Phi) is 3.36. The topological polar surface area (TPSA) is 83.5 Å². The highest BCUT2D eigenvalue weighted by molar-refractivity contribution is 6.05. The van der Waals surface area contributed by atoms with Crippen molar-refractivity contribution in [3.63, 3.8) is 0 Å². The molecule has 1 aromatic carbocycles. The zero-order chi connectivity index (χ0) is 17.0. The number of carbonyl (C=O) groups is 3. The number of para-hydroxylation sites is 1. The normalized spacial score (nSPS) is 31.2. The molecule has 0 spiro atoms. The molecule has 1 amide bonds. The van der Waals surface area contributed by atoms with Crippen LogP contribution in [0.5, 0.6) is 0 Å². The number of carboxylic acid groups (broad SMARTS) is 1. The minimum atomic E-state index is -1.09. The molecule has 23 heavy (non-hydrogen) atoms. The Balaban J connectivity index is 1.95. The van der Waals surface area contributed by atoms with Gasteiger partial charge in [0.25, 0.3) is 0 Å². The van der Waals surface area contributed by atoms with Crippen LogP contribution in [-0.2, 0) is 9.59 Å². The first kappa shape index (κ1) is 15.7. The number of hydrogen-bond acceptors (Lipinski definition) is 3. The minimum absolute atomic E-state index is 0.0562. The van der Waals surface area contributed by atoms with Gasteiger partial charge in [0.2, 0.25) is 5.91 Å². The van der Waals surface area contributed by atoms with E-state index < -0.39 is 11.4 Å². The Hall–Kier alpha value is -2.17. The van der Waals surface area contributed by atoms with Crippen molar-refractivity contribution in [2.45, 2.75) is 33.6 Å². The maximum Gasteiger partial charge on any atom is 0.337 e. The molecule has 0 heterocycles. The maximum atomic E-state index is 13.0. The fourth-order valence-corrected chi connectivity index (χ4v) is 4.49. The van der Waals surface area contributed by atoms with Crippen molar-refractivity contribution >= 4 is 23.3 Å². The molecule has 0 aliphatic heterocycles. The van der Waals surface area contributed by atoms with E-state index in [0.717, 1.165) is 0 Å². The smallest absolute Gasteiger partial charge is 0.337 e. The molecule has 3 fully saturated rings. The summed E-state index contributed by atoms with van der Waals surface area (Å²) in [6.45, 7) is 5.89. The van der Waals surface area contributed by atoms with Crippen molar-refractivity contribution < 1.29 is 19.5 Å². The Morgan fingerprint density at radius 3 is 2.52 bits per heavy atom. The van der Waals surface area contributed by atoms with Crippen LogP contribution in [0.25, 0.3) is 0 Å². The van der Waals surface area contributed by atoms with Crippen LogP contribution in [0.4, 0.5) is 5.69 Å². The van der Waals surface area contributed by atoms with E-state index in [0.29, 0.717) is 12.8 Å². The van der Waals surface area contributed by atoms with E-state index in [9.17, 15) is 19.5 Å². The largest absolute Gasteiger partial charge is 0.478 e. The van der Waals surface area contributed by atoms with Crippen molar-refractivity contribution in [2.75, 3.05) is 5.32 Å². The van der Waals surface area contributed by atoms with Crippen molar-refractivity contribution in [1.82, 2.24) is 0 Å². The highest BCUT2D eigenvalue weighted by Gasteiger charge is 2.70. The van der Waals surface area contributed by atoms with Gasteiger partial charge in [-0.2, -0.15) is 0 Å².